The van der Waals surface area contributed by atoms with E-state index in [0.29, 0.717) is 22.7 Å². The number of hydrogen-bond acceptors (Lipinski definition) is 6. The predicted molar refractivity (Wildman–Crippen MR) is 143 cm³/mol. The van der Waals surface area contributed by atoms with E-state index >= 15 is 0 Å². The van der Waals surface area contributed by atoms with Crippen molar-refractivity contribution in [3.05, 3.63) is 72.0 Å². The molecule has 7 nitrogen and oxygen atoms in total. The zero-order valence-corrected chi connectivity index (χ0v) is 21.6. The summed E-state index contributed by atoms with van der Waals surface area (Å²) in [5, 5.41) is 15.4. The van der Waals surface area contributed by atoms with Crippen molar-refractivity contribution in [2.45, 2.75) is 58.4 Å². The van der Waals surface area contributed by atoms with Crippen LogP contribution in [-0.2, 0) is 9.59 Å². The summed E-state index contributed by atoms with van der Waals surface area (Å²) >= 11 is 0. The van der Waals surface area contributed by atoms with Crippen LogP contribution < -0.4 is 9.64 Å². The van der Waals surface area contributed by atoms with Crippen LogP contribution in [0.15, 0.2) is 71.0 Å². The summed E-state index contributed by atoms with van der Waals surface area (Å²) in [4.78, 5) is 28.6. The van der Waals surface area contributed by atoms with E-state index in [1.54, 1.807) is 42.3 Å². The highest BCUT2D eigenvalue weighted by Crippen LogP contribution is 2.40. The average Bonchev–Trinajstić information content (AvgIpc) is 3.56. The lowest BCUT2D eigenvalue weighted by atomic mass is 9.83. The molecule has 1 atom stereocenters. The Hall–Kier alpha value is -3.87. The Morgan fingerprint density at radius 3 is 2.19 bits per heavy atom. The van der Waals surface area contributed by atoms with Crippen LogP contribution in [0.4, 0.5) is 5.69 Å². The third kappa shape index (κ3) is 5.45. The van der Waals surface area contributed by atoms with Gasteiger partial charge in [-0.3, -0.25) is 14.5 Å². The van der Waals surface area contributed by atoms with Gasteiger partial charge in [0, 0.05) is 22.9 Å². The van der Waals surface area contributed by atoms with Gasteiger partial charge in [0.05, 0.1) is 18.7 Å². The van der Waals surface area contributed by atoms with Gasteiger partial charge in [-0.2, -0.15) is 0 Å². The van der Waals surface area contributed by atoms with Crippen molar-refractivity contribution in [3.63, 3.8) is 0 Å². The molecule has 0 spiro atoms. The topological polar surface area (TPSA) is 92.9 Å². The molecule has 1 aliphatic heterocycles. The van der Waals surface area contributed by atoms with Gasteiger partial charge in [-0.1, -0.05) is 56.8 Å². The maximum Gasteiger partial charge on any atom is 0.299 e. The molecule has 1 saturated heterocycles. The molecule has 1 aliphatic rings. The fraction of sp³-hybridized carbons (Fsp3) is 0.367. The largest absolute Gasteiger partial charge is 0.507 e. The highest BCUT2D eigenvalue weighted by molar-refractivity contribution is 6.51. The molecule has 1 amide bonds. The van der Waals surface area contributed by atoms with Gasteiger partial charge < -0.3 is 14.4 Å². The molecular weight excluding hydrogens is 468 g/mol. The van der Waals surface area contributed by atoms with Gasteiger partial charge in [0.2, 0.25) is 0 Å². The van der Waals surface area contributed by atoms with Crippen molar-refractivity contribution >= 4 is 23.1 Å². The molecule has 0 bridgehead atoms. The molecule has 2 heterocycles. The number of unbranched alkanes of at least 4 members (excludes halogenated alkanes) is 2. The number of aromatic nitrogens is 1. The summed E-state index contributed by atoms with van der Waals surface area (Å²) < 4.78 is 10.2. The first kappa shape index (κ1) is 26.2. The van der Waals surface area contributed by atoms with E-state index < -0.39 is 17.7 Å². The number of rotatable bonds is 11. The Labute approximate surface area is 217 Å². The van der Waals surface area contributed by atoms with Crippen LogP contribution in [0.3, 0.4) is 0 Å². The van der Waals surface area contributed by atoms with Crippen LogP contribution in [-0.4, -0.2) is 35.1 Å². The third-order valence-corrected chi connectivity index (χ3v) is 7.03. The highest BCUT2D eigenvalue weighted by atomic mass is 16.5. The van der Waals surface area contributed by atoms with Crippen LogP contribution in [0.5, 0.6) is 5.75 Å². The lowest BCUT2D eigenvalue weighted by Gasteiger charge is -2.32. The SMILES string of the molecule is CCCCC(CCCC)C1C(=C(O)c2ccc(OC)cc2)C(=O)C(=O)N1c1ccc(-c2ccon2)cc1. The number of ether oxygens (including phenoxy) is 1. The van der Waals surface area contributed by atoms with Crippen LogP contribution in [0.1, 0.15) is 57.9 Å². The standard InChI is InChI=1S/C30H34N2O5/c1-4-6-8-21(9-7-5-2)27-26(28(33)22-12-16-24(36-3)17-13-22)29(34)30(35)32(27)23-14-10-20(11-15-23)25-18-19-37-31-25/h10-19,21,27,33H,4-9H2,1-3H3. The molecule has 1 fully saturated rings. The summed E-state index contributed by atoms with van der Waals surface area (Å²) in [6.07, 6.45) is 7.18. The number of aliphatic hydroxyl groups excluding tert-OH is 1. The normalized spacial score (nSPS) is 17.1. The van der Waals surface area contributed by atoms with Gasteiger partial charge in [-0.25, -0.2) is 0 Å². The van der Waals surface area contributed by atoms with Crippen LogP contribution in [0.2, 0.25) is 0 Å². The summed E-state index contributed by atoms with van der Waals surface area (Å²) in [6.45, 7) is 4.27. The van der Waals surface area contributed by atoms with Crippen molar-refractivity contribution < 1.29 is 24.0 Å². The van der Waals surface area contributed by atoms with E-state index in [1.165, 1.54) is 6.26 Å². The van der Waals surface area contributed by atoms with E-state index in [-0.39, 0.29) is 17.3 Å². The number of methoxy groups -OCH3 is 1. The van der Waals surface area contributed by atoms with Crippen LogP contribution >= 0.6 is 0 Å². The molecule has 1 aromatic heterocycles. The van der Waals surface area contributed by atoms with Crippen LogP contribution in [0, 0.1) is 5.92 Å². The summed E-state index contributed by atoms with van der Waals surface area (Å²) in [6, 6.07) is 15.5. The number of carbonyl (C=O) groups is 2. The molecule has 1 unspecified atom stereocenters. The lowest BCUT2D eigenvalue weighted by Crippen LogP contribution is -2.39. The quantitative estimate of drug-likeness (QED) is 0.180. The van der Waals surface area contributed by atoms with E-state index in [0.717, 1.165) is 44.1 Å². The van der Waals surface area contributed by atoms with Gasteiger partial charge in [-0.05, 0) is 55.2 Å². The minimum atomic E-state index is -0.656. The zero-order chi connectivity index (χ0) is 26.4. The van der Waals surface area contributed by atoms with Gasteiger partial charge in [-0.15, -0.1) is 0 Å². The molecule has 0 radical (unpaired) electrons. The Kier molecular flexibility index (Phi) is 8.43. The zero-order valence-electron chi connectivity index (χ0n) is 21.6. The number of benzene rings is 2. The number of carbonyl (C=O) groups excluding carboxylic acids is 2. The van der Waals surface area contributed by atoms with Crippen molar-refractivity contribution in [2.75, 3.05) is 12.0 Å². The summed E-state index contributed by atoms with van der Waals surface area (Å²) in [7, 11) is 1.57. The van der Waals surface area contributed by atoms with Gasteiger partial charge in [0.1, 0.15) is 23.5 Å². The first-order valence-electron chi connectivity index (χ1n) is 13.0. The summed E-state index contributed by atoms with van der Waals surface area (Å²) in [5.74, 6) is -0.750. The number of ketones is 1. The minimum absolute atomic E-state index is 0.0286. The van der Waals surface area contributed by atoms with Crippen LogP contribution in [0.25, 0.3) is 17.0 Å². The Bertz CT molecular complexity index is 1220. The van der Waals surface area contributed by atoms with E-state index in [2.05, 4.69) is 19.0 Å². The van der Waals surface area contributed by atoms with Crippen molar-refractivity contribution in [3.8, 4) is 17.0 Å². The maximum absolute atomic E-state index is 13.5. The molecule has 7 heteroatoms. The smallest absolute Gasteiger partial charge is 0.299 e. The molecule has 1 N–H and O–H groups in total. The molecule has 37 heavy (non-hydrogen) atoms. The van der Waals surface area contributed by atoms with E-state index in [4.69, 9.17) is 9.26 Å². The fourth-order valence-electron chi connectivity index (χ4n) is 5.04. The number of nitrogens with zero attached hydrogens (tertiary/aromatic N) is 2. The molecular formula is C30H34N2O5. The van der Waals surface area contributed by atoms with Gasteiger partial charge in [0.15, 0.2) is 0 Å². The van der Waals surface area contributed by atoms with E-state index in [9.17, 15) is 14.7 Å². The lowest BCUT2D eigenvalue weighted by molar-refractivity contribution is -0.132. The molecule has 194 valence electrons. The van der Waals surface area contributed by atoms with Gasteiger partial charge in [0.25, 0.3) is 11.7 Å². The second-order valence-corrected chi connectivity index (χ2v) is 9.42. The highest BCUT2D eigenvalue weighted by Gasteiger charge is 2.49. The molecule has 2 aromatic carbocycles. The Balaban J connectivity index is 1.81. The molecule has 3 aromatic rings. The number of anilines is 1. The van der Waals surface area contributed by atoms with Crippen molar-refractivity contribution in [1.29, 1.82) is 0 Å². The monoisotopic (exact) mass is 502 g/mol. The first-order valence-corrected chi connectivity index (χ1v) is 13.0. The number of amides is 1. The van der Waals surface area contributed by atoms with Gasteiger partial charge >= 0.3 is 0 Å². The fourth-order valence-corrected chi connectivity index (χ4v) is 5.04. The number of aliphatic hydroxyl groups is 1. The first-order chi connectivity index (χ1) is 18.0. The molecule has 0 saturated carbocycles. The second-order valence-electron chi connectivity index (χ2n) is 9.42. The predicted octanol–water partition coefficient (Wildman–Crippen LogP) is 6.60. The Morgan fingerprint density at radius 1 is 1.00 bits per heavy atom. The second kappa shape index (κ2) is 11.9. The van der Waals surface area contributed by atoms with Crippen molar-refractivity contribution in [2.24, 2.45) is 5.92 Å². The molecule has 4 rings (SSSR count). The average molecular weight is 503 g/mol. The van der Waals surface area contributed by atoms with Crippen molar-refractivity contribution in [1.82, 2.24) is 5.16 Å². The Morgan fingerprint density at radius 2 is 1.65 bits per heavy atom. The maximum atomic E-state index is 13.5. The molecule has 0 aliphatic carbocycles. The number of hydrogen-bond donors (Lipinski definition) is 1. The summed E-state index contributed by atoms with van der Waals surface area (Å²) in [5.41, 5.74) is 2.81. The minimum Gasteiger partial charge on any atom is -0.507 e. The van der Waals surface area contributed by atoms with E-state index in [1.807, 2.05) is 24.3 Å². The number of Topliss-reactive ketones (excluding diaryl/α,β-unsaturated/α-hetero) is 1. The third-order valence-electron chi connectivity index (χ3n) is 7.03.